The lowest BCUT2D eigenvalue weighted by atomic mass is 10.0. The Morgan fingerprint density at radius 3 is 2.32 bits per heavy atom. The number of sulfonamides is 1. The predicted molar refractivity (Wildman–Crippen MR) is 88.4 cm³/mol. The molecule has 0 aliphatic carbocycles. The molecule has 0 bridgehead atoms. The van der Waals surface area contributed by atoms with Crippen LogP contribution in [0.15, 0.2) is 29.2 Å². The van der Waals surface area contributed by atoms with E-state index >= 15 is 0 Å². The van der Waals surface area contributed by atoms with Gasteiger partial charge in [0.25, 0.3) is 0 Å². The van der Waals surface area contributed by atoms with Gasteiger partial charge in [0, 0.05) is 19.1 Å². The van der Waals surface area contributed by atoms with Crippen LogP contribution in [0.25, 0.3) is 0 Å². The minimum atomic E-state index is -3.34. The summed E-state index contributed by atoms with van der Waals surface area (Å²) in [5.74, 6) is 0. The Bertz CT molecular complexity index is 592. The van der Waals surface area contributed by atoms with Crippen molar-refractivity contribution < 1.29 is 8.42 Å². The van der Waals surface area contributed by atoms with Gasteiger partial charge in [-0.1, -0.05) is 24.1 Å². The van der Waals surface area contributed by atoms with Gasteiger partial charge < -0.3 is 0 Å². The molecule has 0 radical (unpaired) electrons. The highest BCUT2D eigenvalue weighted by atomic mass is 32.2. The minimum Gasteiger partial charge on any atom is -0.299 e. The third-order valence-electron chi connectivity index (χ3n) is 4.93. The summed E-state index contributed by atoms with van der Waals surface area (Å²) in [5, 5.41) is 0. The molecule has 2 saturated heterocycles. The van der Waals surface area contributed by atoms with Crippen molar-refractivity contribution in [1.29, 1.82) is 0 Å². The van der Waals surface area contributed by atoms with E-state index in [4.69, 9.17) is 0 Å². The van der Waals surface area contributed by atoms with Crippen molar-refractivity contribution in [3.8, 4) is 0 Å². The second kappa shape index (κ2) is 6.69. The van der Waals surface area contributed by atoms with Crippen molar-refractivity contribution in [2.75, 3.05) is 26.2 Å². The average molecular weight is 322 g/mol. The zero-order valence-corrected chi connectivity index (χ0v) is 14.2. The van der Waals surface area contributed by atoms with Crippen LogP contribution in [0, 0.1) is 6.92 Å². The maximum absolute atomic E-state index is 12.8. The van der Waals surface area contributed by atoms with Gasteiger partial charge in [0.15, 0.2) is 0 Å². The van der Waals surface area contributed by atoms with Crippen molar-refractivity contribution in [1.82, 2.24) is 9.21 Å². The SMILES string of the molecule is Cc1ccc(S(=O)(=O)N2CCCC(N3CCCCC3)C2)cc1. The lowest BCUT2D eigenvalue weighted by molar-refractivity contribution is 0.114. The maximum Gasteiger partial charge on any atom is 0.243 e. The number of likely N-dealkylation sites (tertiary alicyclic amines) is 1. The predicted octanol–water partition coefficient (Wildman–Crippen LogP) is 2.63. The molecule has 0 N–H and O–H groups in total. The Morgan fingerprint density at radius 1 is 0.955 bits per heavy atom. The van der Waals surface area contributed by atoms with Crippen LogP contribution in [0.1, 0.15) is 37.7 Å². The van der Waals surface area contributed by atoms with E-state index in [9.17, 15) is 8.42 Å². The topological polar surface area (TPSA) is 40.6 Å². The molecule has 4 nitrogen and oxygen atoms in total. The first-order valence-electron chi connectivity index (χ1n) is 8.38. The molecular formula is C17H26N2O2S. The smallest absolute Gasteiger partial charge is 0.243 e. The van der Waals surface area contributed by atoms with E-state index in [1.54, 1.807) is 16.4 Å². The van der Waals surface area contributed by atoms with Gasteiger partial charge in [-0.15, -0.1) is 0 Å². The van der Waals surface area contributed by atoms with Crippen LogP contribution in [0.5, 0.6) is 0 Å². The molecule has 1 aromatic rings. The van der Waals surface area contributed by atoms with Crippen LogP contribution in [-0.2, 0) is 10.0 Å². The quantitative estimate of drug-likeness (QED) is 0.859. The summed E-state index contributed by atoms with van der Waals surface area (Å²) in [4.78, 5) is 2.93. The highest BCUT2D eigenvalue weighted by Gasteiger charge is 2.33. The molecule has 1 unspecified atom stereocenters. The average Bonchev–Trinajstić information content (AvgIpc) is 2.56. The first-order chi connectivity index (χ1) is 10.6. The van der Waals surface area contributed by atoms with Crippen LogP contribution in [0.3, 0.4) is 0 Å². The molecule has 2 aliphatic heterocycles. The fraction of sp³-hybridized carbons (Fsp3) is 0.647. The zero-order valence-electron chi connectivity index (χ0n) is 13.4. The maximum atomic E-state index is 12.8. The number of aryl methyl sites for hydroxylation is 1. The van der Waals surface area contributed by atoms with E-state index in [-0.39, 0.29) is 0 Å². The van der Waals surface area contributed by atoms with Gasteiger partial charge in [-0.3, -0.25) is 4.90 Å². The number of rotatable bonds is 3. The first-order valence-corrected chi connectivity index (χ1v) is 9.82. The molecule has 2 heterocycles. The van der Waals surface area contributed by atoms with Gasteiger partial charge in [-0.25, -0.2) is 8.42 Å². The standard InChI is InChI=1S/C17H26N2O2S/c1-15-7-9-17(10-8-15)22(20,21)19-13-5-6-16(14-19)18-11-3-2-4-12-18/h7-10,16H,2-6,11-14H2,1H3. The Morgan fingerprint density at radius 2 is 1.64 bits per heavy atom. The fourth-order valence-corrected chi connectivity index (χ4v) is 5.10. The molecule has 2 aliphatic rings. The summed E-state index contributed by atoms with van der Waals surface area (Å²) in [5.41, 5.74) is 1.09. The highest BCUT2D eigenvalue weighted by molar-refractivity contribution is 7.89. The Labute approximate surface area is 134 Å². The molecule has 122 valence electrons. The van der Waals surface area contributed by atoms with Crippen LogP contribution in [0.2, 0.25) is 0 Å². The van der Waals surface area contributed by atoms with Crippen molar-refractivity contribution in [3.63, 3.8) is 0 Å². The monoisotopic (exact) mass is 322 g/mol. The van der Waals surface area contributed by atoms with Gasteiger partial charge in [0.2, 0.25) is 10.0 Å². The van der Waals surface area contributed by atoms with E-state index in [1.165, 1.54) is 19.3 Å². The highest BCUT2D eigenvalue weighted by Crippen LogP contribution is 2.25. The summed E-state index contributed by atoms with van der Waals surface area (Å²) >= 11 is 0. The number of piperidine rings is 2. The summed E-state index contributed by atoms with van der Waals surface area (Å²) < 4.78 is 27.4. The molecular weight excluding hydrogens is 296 g/mol. The van der Waals surface area contributed by atoms with Crippen molar-refractivity contribution in [2.45, 2.75) is 50.0 Å². The number of hydrogen-bond donors (Lipinski definition) is 0. The fourth-order valence-electron chi connectivity index (χ4n) is 3.58. The van der Waals surface area contributed by atoms with Crippen LogP contribution < -0.4 is 0 Å². The molecule has 5 heteroatoms. The van der Waals surface area contributed by atoms with Crippen molar-refractivity contribution in [3.05, 3.63) is 29.8 Å². The summed E-state index contributed by atoms with van der Waals surface area (Å²) in [7, 11) is -3.34. The molecule has 22 heavy (non-hydrogen) atoms. The first kappa shape index (κ1) is 16.0. The normalized spacial score (nSPS) is 25.2. The molecule has 0 saturated carbocycles. The third kappa shape index (κ3) is 3.36. The molecule has 0 spiro atoms. The third-order valence-corrected chi connectivity index (χ3v) is 6.80. The van der Waals surface area contributed by atoms with Crippen molar-refractivity contribution >= 4 is 10.0 Å². The van der Waals surface area contributed by atoms with E-state index in [0.29, 0.717) is 24.0 Å². The van der Waals surface area contributed by atoms with E-state index in [2.05, 4.69) is 4.90 Å². The lowest BCUT2D eigenvalue weighted by Gasteiger charge is -2.40. The molecule has 2 fully saturated rings. The van der Waals surface area contributed by atoms with Gasteiger partial charge in [0.05, 0.1) is 4.90 Å². The second-order valence-corrected chi connectivity index (χ2v) is 8.51. The molecule has 0 aromatic heterocycles. The molecule has 1 aromatic carbocycles. The molecule has 1 atom stereocenters. The van der Waals surface area contributed by atoms with Crippen LogP contribution >= 0.6 is 0 Å². The largest absolute Gasteiger partial charge is 0.299 e. The van der Waals surface area contributed by atoms with Gasteiger partial charge in [-0.2, -0.15) is 4.31 Å². The number of nitrogens with zero attached hydrogens (tertiary/aromatic N) is 2. The van der Waals surface area contributed by atoms with Gasteiger partial charge in [0.1, 0.15) is 0 Å². The Kier molecular flexibility index (Phi) is 4.85. The minimum absolute atomic E-state index is 0.397. The molecule has 0 amide bonds. The zero-order chi connectivity index (χ0) is 15.6. The molecule has 3 rings (SSSR count). The second-order valence-electron chi connectivity index (χ2n) is 6.57. The number of hydrogen-bond acceptors (Lipinski definition) is 3. The van der Waals surface area contributed by atoms with E-state index in [1.807, 2.05) is 19.1 Å². The summed E-state index contributed by atoms with van der Waals surface area (Å²) in [6.45, 7) is 5.53. The summed E-state index contributed by atoms with van der Waals surface area (Å²) in [6.07, 6.45) is 5.91. The van der Waals surface area contributed by atoms with Crippen molar-refractivity contribution in [2.24, 2.45) is 0 Å². The Hall–Kier alpha value is -0.910. The number of benzene rings is 1. The Balaban J connectivity index is 1.74. The van der Waals surface area contributed by atoms with Gasteiger partial charge in [-0.05, 0) is 57.8 Å². The summed E-state index contributed by atoms with van der Waals surface area (Å²) in [6, 6.07) is 7.61. The van der Waals surface area contributed by atoms with Crippen LogP contribution in [-0.4, -0.2) is 49.8 Å². The van der Waals surface area contributed by atoms with E-state index in [0.717, 1.165) is 31.5 Å². The van der Waals surface area contributed by atoms with Gasteiger partial charge >= 0.3 is 0 Å². The van der Waals surface area contributed by atoms with E-state index < -0.39 is 10.0 Å². The van der Waals surface area contributed by atoms with Crippen LogP contribution in [0.4, 0.5) is 0 Å². The lowest BCUT2D eigenvalue weighted by Crippen LogP contribution is -2.51.